The zero-order valence-electron chi connectivity index (χ0n) is 7.82. The summed E-state index contributed by atoms with van der Waals surface area (Å²) in [6.45, 7) is 1.93. The van der Waals surface area contributed by atoms with Crippen molar-refractivity contribution in [2.24, 2.45) is 5.84 Å². The molecule has 0 aliphatic carbocycles. The van der Waals surface area contributed by atoms with Crippen LogP contribution < -0.4 is 11.3 Å². The van der Waals surface area contributed by atoms with Gasteiger partial charge in [-0.15, -0.1) is 0 Å². The largest absolute Gasteiger partial charge is 0.478 e. The summed E-state index contributed by atoms with van der Waals surface area (Å²) in [4.78, 5) is 10.3. The second kappa shape index (κ2) is 4.43. The van der Waals surface area contributed by atoms with E-state index in [0.717, 1.165) is 17.2 Å². The molecule has 1 rings (SSSR count). The van der Waals surface area contributed by atoms with Gasteiger partial charge in [-0.2, -0.15) is 0 Å². The minimum absolute atomic E-state index is 0.702. The van der Waals surface area contributed by atoms with Gasteiger partial charge in [0.15, 0.2) is 0 Å². The van der Waals surface area contributed by atoms with Crippen LogP contribution in [-0.2, 0) is 4.79 Å². The van der Waals surface area contributed by atoms with Crippen LogP contribution in [0.2, 0.25) is 0 Å². The molecule has 74 valence electrons. The Hall–Kier alpha value is -1.81. The van der Waals surface area contributed by atoms with Gasteiger partial charge in [-0.1, -0.05) is 11.6 Å². The molecule has 0 fully saturated rings. The molecule has 1 aromatic carbocycles. The predicted octanol–water partition coefficient (Wildman–Crippen LogP) is 1.38. The fourth-order valence-electron chi connectivity index (χ4n) is 1.11. The second-order valence-corrected chi connectivity index (χ2v) is 2.91. The van der Waals surface area contributed by atoms with Crippen molar-refractivity contribution in [3.63, 3.8) is 0 Å². The number of carboxylic acids is 1. The number of hydrogen-bond acceptors (Lipinski definition) is 3. The predicted molar refractivity (Wildman–Crippen MR) is 55.7 cm³/mol. The summed E-state index contributed by atoms with van der Waals surface area (Å²) in [6.07, 6.45) is 2.58. The van der Waals surface area contributed by atoms with Gasteiger partial charge in [-0.25, -0.2) is 4.79 Å². The molecule has 0 aromatic heterocycles. The van der Waals surface area contributed by atoms with Crippen LogP contribution in [0.25, 0.3) is 6.08 Å². The Balaban J connectivity index is 3.04. The van der Waals surface area contributed by atoms with Crippen LogP contribution in [0.5, 0.6) is 0 Å². The molecule has 0 heterocycles. The van der Waals surface area contributed by atoms with Gasteiger partial charge in [0, 0.05) is 6.08 Å². The molecule has 0 spiro atoms. The first-order valence-electron chi connectivity index (χ1n) is 4.12. The van der Waals surface area contributed by atoms with Gasteiger partial charge < -0.3 is 10.5 Å². The highest BCUT2D eigenvalue weighted by molar-refractivity contribution is 5.86. The molecule has 1 aromatic rings. The molecular formula is C10H12N2O2. The number of aryl methyl sites for hydroxylation is 1. The van der Waals surface area contributed by atoms with E-state index in [-0.39, 0.29) is 0 Å². The Kier molecular flexibility index (Phi) is 3.25. The zero-order chi connectivity index (χ0) is 10.6. The number of carbonyl (C=O) groups is 1. The van der Waals surface area contributed by atoms with Gasteiger partial charge in [-0.3, -0.25) is 5.84 Å². The Morgan fingerprint density at radius 1 is 1.57 bits per heavy atom. The summed E-state index contributed by atoms with van der Waals surface area (Å²) in [5.41, 5.74) is 5.01. The third kappa shape index (κ3) is 2.60. The first kappa shape index (κ1) is 10.3. The Morgan fingerprint density at radius 2 is 2.29 bits per heavy atom. The van der Waals surface area contributed by atoms with Crippen LogP contribution in [0.4, 0.5) is 5.69 Å². The summed E-state index contributed by atoms with van der Waals surface area (Å²) in [7, 11) is 0. The van der Waals surface area contributed by atoms with E-state index in [4.69, 9.17) is 10.9 Å². The van der Waals surface area contributed by atoms with E-state index < -0.39 is 5.97 Å². The van der Waals surface area contributed by atoms with Crippen LogP contribution in [-0.4, -0.2) is 11.1 Å². The summed E-state index contributed by atoms with van der Waals surface area (Å²) in [5.74, 6) is 4.30. The van der Waals surface area contributed by atoms with Gasteiger partial charge in [-0.05, 0) is 30.7 Å². The Bertz CT molecular complexity index is 372. The SMILES string of the molecule is Cc1ccc(NN)c(/C=C/C(=O)O)c1. The number of nitrogens with two attached hydrogens (primary N) is 1. The Labute approximate surface area is 82.0 Å². The highest BCUT2D eigenvalue weighted by Gasteiger charge is 1.98. The normalized spacial score (nSPS) is 10.4. The van der Waals surface area contributed by atoms with Gasteiger partial charge >= 0.3 is 5.97 Å². The van der Waals surface area contributed by atoms with Gasteiger partial charge in [0.05, 0.1) is 5.69 Å². The number of carboxylic acid groups (broad SMARTS) is 1. The molecule has 0 amide bonds. The molecule has 0 aliphatic rings. The highest BCUT2D eigenvalue weighted by atomic mass is 16.4. The Morgan fingerprint density at radius 3 is 2.86 bits per heavy atom. The van der Waals surface area contributed by atoms with Crippen molar-refractivity contribution in [3.05, 3.63) is 35.4 Å². The van der Waals surface area contributed by atoms with E-state index in [2.05, 4.69) is 5.43 Å². The summed E-state index contributed by atoms with van der Waals surface area (Å²) in [6, 6.07) is 5.55. The summed E-state index contributed by atoms with van der Waals surface area (Å²) >= 11 is 0. The minimum atomic E-state index is -0.977. The molecule has 0 saturated carbocycles. The number of nitrogen functional groups attached to an aromatic ring is 1. The molecular weight excluding hydrogens is 180 g/mol. The van der Waals surface area contributed by atoms with E-state index in [1.807, 2.05) is 19.1 Å². The van der Waals surface area contributed by atoms with Crippen LogP contribution in [0.1, 0.15) is 11.1 Å². The van der Waals surface area contributed by atoms with E-state index in [0.29, 0.717) is 5.69 Å². The molecule has 0 radical (unpaired) electrons. The third-order valence-corrected chi connectivity index (χ3v) is 1.77. The maximum atomic E-state index is 10.3. The van der Waals surface area contributed by atoms with Crippen molar-refractivity contribution in [3.8, 4) is 0 Å². The maximum Gasteiger partial charge on any atom is 0.328 e. The fraction of sp³-hybridized carbons (Fsp3) is 0.100. The number of rotatable bonds is 3. The average molecular weight is 192 g/mol. The lowest BCUT2D eigenvalue weighted by Crippen LogP contribution is -2.08. The number of aliphatic carboxylic acids is 1. The molecule has 0 aliphatic heterocycles. The first-order valence-corrected chi connectivity index (χ1v) is 4.12. The number of nitrogens with one attached hydrogen (secondary N) is 1. The molecule has 0 unspecified atom stereocenters. The topological polar surface area (TPSA) is 75.3 Å². The van der Waals surface area contributed by atoms with E-state index in [9.17, 15) is 4.79 Å². The molecule has 0 bridgehead atoms. The number of hydrazine groups is 1. The first-order chi connectivity index (χ1) is 6.63. The average Bonchev–Trinajstić information content (AvgIpc) is 2.15. The standard InChI is InChI=1S/C10H12N2O2/c1-7-2-4-9(12-11)8(6-7)3-5-10(13)14/h2-6,12H,11H2,1H3,(H,13,14)/b5-3+. The van der Waals surface area contributed by atoms with E-state index in [1.54, 1.807) is 6.07 Å². The van der Waals surface area contributed by atoms with Crippen LogP contribution in [0, 0.1) is 6.92 Å². The lowest BCUT2D eigenvalue weighted by molar-refractivity contribution is -0.131. The number of benzene rings is 1. The van der Waals surface area contributed by atoms with Crippen molar-refractivity contribution in [1.82, 2.24) is 0 Å². The molecule has 0 atom stereocenters. The second-order valence-electron chi connectivity index (χ2n) is 2.91. The van der Waals surface area contributed by atoms with Crippen molar-refractivity contribution in [2.75, 3.05) is 5.43 Å². The molecule has 0 saturated heterocycles. The summed E-state index contributed by atoms with van der Waals surface area (Å²) < 4.78 is 0. The summed E-state index contributed by atoms with van der Waals surface area (Å²) in [5, 5.41) is 8.47. The molecule has 4 heteroatoms. The van der Waals surface area contributed by atoms with Gasteiger partial charge in [0.1, 0.15) is 0 Å². The van der Waals surface area contributed by atoms with Crippen molar-refractivity contribution < 1.29 is 9.90 Å². The number of hydrogen-bond donors (Lipinski definition) is 3. The monoisotopic (exact) mass is 192 g/mol. The highest BCUT2D eigenvalue weighted by Crippen LogP contribution is 2.17. The smallest absolute Gasteiger partial charge is 0.328 e. The van der Waals surface area contributed by atoms with Crippen LogP contribution >= 0.6 is 0 Å². The van der Waals surface area contributed by atoms with E-state index in [1.165, 1.54) is 6.08 Å². The molecule has 4 nitrogen and oxygen atoms in total. The fourth-order valence-corrected chi connectivity index (χ4v) is 1.11. The van der Waals surface area contributed by atoms with Crippen LogP contribution in [0.3, 0.4) is 0 Å². The minimum Gasteiger partial charge on any atom is -0.478 e. The van der Waals surface area contributed by atoms with E-state index >= 15 is 0 Å². The lowest BCUT2D eigenvalue weighted by Gasteiger charge is -2.05. The van der Waals surface area contributed by atoms with Crippen molar-refractivity contribution in [2.45, 2.75) is 6.92 Å². The quantitative estimate of drug-likeness (QED) is 0.384. The van der Waals surface area contributed by atoms with Gasteiger partial charge in [0.2, 0.25) is 0 Å². The lowest BCUT2D eigenvalue weighted by atomic mass is 10.1. The molecule has 14 heavy (non-hydrogen) atoms. The van der Waals surface area contributed by atoms with Crippen LogP contribution in [0.15, 0.2) is 24.3 Å². The molecule has 4 N–H and O–H groups in total. The third-order valence-electron chi connectivity index (χ3n) is 1.77. The van der Waals surface area contributed by atoms with Crippen molar-refractivity contribution in [1.29, 1.82) is 0 Å². The zero-order valence-corrected chi connectivity index (χ0v) is 7.82. The van der Waals surface area contributed by atoms with Gasteiger partial charge in [0.25, 0.3) is 0 Å². The van der Waals surface area contributed by atoms with Crippen molar-refractivity contribution >= 4 is 17.7 Å². The maximum absolute atomic E-state index is 10.3. The number of anilines is 1.